The number of para-hydroxylation sites is 2. The molecule has 4 amide bonds. The summed E-state index contributed by atoms with van der Waals surface area (Å²) in [6.45, 7) is 0. The van der Waals surface area contributed by atoms with Crippen molar-refractivity contribution in [1.82, 2.24) is 0 Å². The maximum atomic E-state index is 12.1. The van der Waals surface area contributed by atoms with Gasteiger partial charge >= 0.3 is 41.6 Å². The molecule has 0 heterocycles. The summed E-state index contributed by atoms with van der Waals surface area (Å²) in [6, 6.07) is 21.7. The molecule has 4 N–H and O–H groups in total. The summed E-state index contributed by atoms with van der Waals surface area (Å²) >= 11 is 0.225. The molecule has 0 radical (unpaired) electrons. The number of benzene rings is 3. The minimum Gasteiger partial charge on any atom is -0.795 e. The van der Waals surface area contributed by atoms with E-state index < -0.39 is 12.1 Å². The van der Waals surface area contributed by atoms with E-state index in [1.54, 1.807) is 48.5 Å². The van der Waals surface area contributed by atoms with E-state index in [4.69, 9.17) is 0 Å². The SMILES string of the molecule is O=C(Nc1ccccc1)Nc1ccc(NC(=O)Nc2ccccc2)c(S[O-])c1.[Na+]. The predicted molar refractivity (Wildman–Crippen MR) is 111 cm³/mol. The monoisotopic (exact) mass is 416 g/mol. The molecule has 0 aliphatic rings. The van der Waals surface area contributed by atoms with Gasteiger partial charge < -0.3 is 25.8 Å². The van der Waals surface area contributed by atoms with Crippen LogP contribution >= 0.6 is 12.0 Å². The molecule has 0 saturated carbocycles. The summed E-state index contributed by atoms with van der Waals surface area (Å²) in [5.74, 6) is 0. The summed E-state index contributed by atoms with van der Waals surface area (Å²) in [7, 11) is 0. The van der Waals surface area contributed by atoms with E-state index >= 15 is 0 Å². The normalized spacial score (nSPS) is 9.69. The van der Waals surface area contributed by atoms with E-state index in [0.29, 0.717) is 22.7 Å². The number of hydrogen-bond acceptors (Lipinski definition) is 4. The van der Waals surface area contributed by atoms with Crippen LogP contribution < -0.4 is 50.8 Å². The third kappa shape index (κ3) is 7.12. The van der Waals surface area contributed by atoms with Crippen molar-refractivity contribution in [3.8, 4) is 0 Å². The number of hydrogen-bond donors (Lipinski definition) is 4. The first-order chi connectivity index (χ1) is 13.6. The average Bonchev–Trinajstić information content (AvgIpc) is 2.70. The fraction of sp³-hybridized carbons (Fsp3) is 0. The molecule has 7 nitrogen and oxygen atoms in total. The number of urea groups is 2. The summed E-state index contributed by atoms with van der Waals surface area (Å²) in [5.41, 5.74) is 2.06. The molecule has 3 aromatic carbocycles. The van der Waals surface area contributed by atoms with E-state index in [0.717, 1.165) is 0 Å². The van der Waals surface area contributed by atoms with Crippen LogP contribution in [0.4, 0.5) is 32.3 Å². The minimum atomic E-state index is -0.468. The smallest absolute Gasteiger partial charge is 0.795 e. The molecule has 0 saturated heterocycles. The van der Waals surface area contributed by atoms with Gasteiger partial charge in [0.25, 0.3) is 0 Å². The number of carbonyl (C=O) groups excluding carboxylic acids is 2. The van der Waals surface area contributed by atoms with E-state index in [2.05, 4.69) is 21.3 Å². The molecule has 29 heavy (non-hydrogen) atoms. The van der Waals surface area contributed by atoms with Gasteiger partial charge in [-0.15, -0.1) is 0 Å². The van der Waals surface area contributed by atoms with Gasteiger partial charge in [0, 0.05) is 22.0 Å². The van der Waals surface area contributed by atoms with Gasteiger partial charge in [0.05, 0.1) is 5.69 Å². The van der Waals surface area contributed by atoms with Crippen LogP contribution in [-0.2, 0) is 0 Å². The topological polar surface area (TPSA) is 105 Å². The largest absolute Gasteiger partial charge is 1.00 e. The summed E-state index contributed by atoms with van der Waals surface area (Å²) < 4.78 is 11.4. The fourth-order valence-electron chi connectivity index (χ4n) is 2.39. The summed E-state index contributed by atoms with van der Waals surface area (Å²) in [6.07, 6.45) is 0. The van der Waals surface area contributed by atoms with Gasteiger partial charge in [-0.25, -0.2) is 21.6 Å². The van der Waals surface area contributed by atoms with Gasteiger partial charge in [0.1, 0.15) is 0 Å². The first kappa shape index (κ1) is 22.8. The van der Waals surface area contributed by atoms with Crippen molar-refractivity contribution < 1.29 is 43.7 Å². The molecular formula is C20H17N4NaO3S. The zero-order chi connectivity index (χ0) is 19.8. The molecule has 0 fully saturated rings. The van der Waals surface area contributed by atoms with Crippen LogP contribution in [0.5, 0.6) is 0 Å². The Hall–Kier alpha value is -2.49. The first-order valence-electron chi connectivity index (χ1n) is 8.34. The second kappa shape index (κ2) is 11.5. The number of anilines is 4. The first-order valence-corrected chi connectivity index (χ1v) is 9.08. The van der Waals surface area contributed by atoms with E-state index in [1.807, 2.05) is 24.3 Å². The van der Waals surface area contributed by atoms with Crippen LogP contribution in [0.25, 0.3) is 0 Å². The Kier molecular flexibility index (Phi) is 9.04. The molecule has 0 aliphatic heterocycles. The van der Waals surface area contributed by atoms with Crippen LogP contribution in [0, 0.1) is 0 Å². The second-order valence-corrected chi connectivity index (χ2v) is 6.29. The second-order valence-electron chi connectivity index (χ2n) is 5.68. The summed E-state index contributed by atoms with van der Waals surface area (Å²) in [4.78, 5) is 24.4. The van der Waals surface area contributed by atoms with Crippen molar-refractivity contribution in [3.05, 3.63) is 78.9 Å². The molecule has 142 valence electrons. The third-order valence-electron chi connectivity index (χ3n) is 3.64. The van der Waals surface area contributed by atoms with E-state index in [-0.39, 0.29) is 46.5 Å². The Morgan fingerprint density at radius 3 is 1.66 bits per heavy atom. The summed E-state index contributed by atoms with van der Waals surface area (Å²) in [5, 5.41) is 10.6. The third-order valence-corrected chi connectivity index (χ3v) is 4.16. The average molecular weight is 416 g/mol. The van der Waals surface area contributed by atoms with Crippen LogP contribution in [0.3, 0.4) is 0 Å². The number of amides is 4. The van der Waals surface area contributed by atoms with Crippen LogP contribution in [0.1, 0.15) is 0 Å². The van der Waals surface area contributed by atoms with Crippen molar-refractivity contribution in [2.45, 2.75) is 4.90 Å². The molecule has 9 heteroatoms. The van der Waals surface area contributed by atoms with Crippen molar-refractivity contribution in [2.75, 3.05) is 21.3 Å². The minimum absolute atomic E-state index is 0. The Balaban J connectivity index is 0.00000300. The van der Waals surface area contributed by atoms with Crippen molar-refractivity contribution in [1.29, 1.82) is 0 Å². The molecule has 3 rings (SSSR count). The zero-order valence-electron chi connectivity index (χ0n) is 15.6. The predicted octanol–water partition coefficient (Wildman–Crippen LogP) is 2.20. The molecule has 0 atom stereocenters. The van der Waals surface area contributed by atoms with Crippen LogP contribution in [0.15, 0.2) is 83.8 Å². The van der Waals surface area contributed by atoms with Crippen LogP contribution in [-0.4, -0.2) is 16.6 Å². The van der Waals surface area contributed by atoms with Crippen molar-refractivity contribution >= 4 is 46.9 Å². The van der Waals surface area contributed by atoms with Gasteiger partial charge in [0.2, 0.25) is 0 Å². The van der Waals surface area contributed by atoms with Gasteiger partial charge in [0.15, 0.2) is 0 Å². The molecule has 0 spiro atoms. The van der Waals surface area contributed by atoms with Gasteiger partial charge in [-0.1, -0.05) is 36.4 Å². The van der Waals surface area contributed by atoms with E-state index in [1.165, 1.54) is 6.07 Å². The Labute approximate surface area is 194 Å². The number of rotatable bonds is 5. The van der Waals surface area contributed by atoms with Gasteiger partial charge in [-0.05, 0) is 42.5 Å². The number of nitrogens with one attached hydrogen (secondary N) is 4. The number of carbonyl (C=O) groups is 2. The maximum Gasteiger partial charge on any atom is 1.00 e. The molecule has 0 unspecified atom stereocenters. The quantitative estimate of drug-likeness (QED) is 0.378. The van der Waals surface area contributed by atoms with Crippen LogP contribution in [0.2, 0.25) is 0 Å². The van der Waals surface area contributed by atoms with Crippen molar-refractivity contribution in [3.63, 3.8) is 0 Å². The van der Waals surface area contributed by atoms with E-state index in [9.17, 15) is 14.1 Å². The molecule has 0 aromatic heterocycles. The van der Waals surface area contributed by atoms with Gasteiger partial charge in [-0.3, -0.25) is 0 Å². The Morgan fingerprint density at radius 1 is 0.655 bits per heavy atom. The molecule has 3 aromatic rings. The Morgan fingerprint density at radius 2 is 1.14 bits per heavy atom. The Bertz CT molecular complexity index is 958. The fourth-order valence-corrected chi connectivity index (χ4v) is 2.78. The zero-order valence-corrected chi connectivity index (χ0v) is 18.5. The molecular weight excluding hydrogens is 399 g/mol. The molecule has 0 bridgehead atoms. The van der Waals surface area contributed by atoms with Gasteiger partial charge in [-0.2, -0.15) is 0 Å². The molecule has 0 aliphatic carbocycles. The van der Waals surface area contributed by atoms with Crippen molar-refractivity contribution in [2.24, 2.45) is 0 Å². The standard InChI is InChI=1S/C20H18N4O3S.Na/c25-19(21-14-7-3-1-4-8-14)23-16-11-12-17(18(13-16)28-27)24-20(26)22-15-9-5-2-6-10-15;/h1-13,27H,(H2,21,23,25)(H2,22,24,26);/q;+1/p-1. The maximum absolute atomic E-state index is 12.1.